The van der Waals surface area contributed by atoms with Crippen molar-refractivity contribution in [2.24, 2.45) is 11.8 Å². The second-order valence-corrected chi connectivity index (χ2v) is 6.38. The minimum Gasteiger partial charge on any atom is -0.422 e. The van der Waals surface area contributed by atoms with Crippen molar-refractivity contribution in [3.63, 3.8) is 0 Å². The third-order valence-corrected chi connectivity index (χ3v) is 4.06. The Hall–Kier alpha value is -1.84. The first kappa shape index (κ1) is 20.2. The van der Waals surface area contributed by atoms with Gasteiger partial charge in [0.15, 0.2) is 11.5 Å². The molecule has 0 heterocycles. The Balaban J connectivity index is 2.70. The van der Waals surface area contributed by atoms with Crippen molar-refractivity contribution in [3.8, 4) is 11.5 Å². The number of carbonyl (C=O) groups excluding carboxylic acids is 2. The van der Waals surface area contributed by atoms with Crippen LogP contribution in [0, 0.1) is 11.8 Å². The Morgan fingerprint density at radius 1 is 0.833 bits per heavy atom. The summed E-state index contributed by atoms with van der Waals surface area (Å²) in [5, 5.41) is 0. The van der Waals surface area contributed by atoms with E-state index < -0.39 is 0 Å². The first-order valence-corrected chi connectivity index (χ1v) is 9.01. The normalized spacial score (nSPS) is 13.2. The molecule has 1 rings (SSSR count). The van der Waals surface area contributed by atoms with Gasteiger partial charge in [0.2, 0.25) is 0 Å². The lowest BCUT2D eigenvalue weighted by Gasteiger charge is -2.15. The predicted octanol–water partition coefficient (Wildman–Crippen LogP) is 5.15. The molecule has 0 aliphatic rings. The van der Waals surface area contributed by atoms with E-state index in [-0.39, 0.29) is 23.8 Å². The van der Waals surface area contributed by atoms with Gasteiger partial charge in [-0.3, -0.25) is 9.59 Å². The summed E-state index contributed by atoms with van der Waals surface area (Å²) in [6, 6.07) is 6.84. The monoisotopic (exact) mass is 334 g/mol. The molecule has 0 aliphatic carbocycles. The molecule has 24 heavy (non-hydrogen) atoms. The zero-order valence-corrected chi connectivity index (χ0v) is 15.3. The van der Waals surface area contributed by atoms with Crippen molar-refractivity contribution < 1.29 is 19.1 Å². The molecule has 0 aromatic heterocycles. The standard InChI is InChI=1S/C20H30O4/c1-5-7-11-15(3)19(21)23-17-13-9-10-14-18(17)24-20(22)16(4)12-8-6-2/h9-10,13-16H,5-8,11-12H2,1-4H3. The van der Waals surface area contributed by atoms with Gasteiger partial charge < -0.3 is 9.47 Å². The highest BCUT2D eigenvalue weighted by Crippen LogP contribution is 2.29. The second-order valence-electron chi connectivity index (χ2n) is 6.38. The molecule has 0 amide bonds. The van der Waals surface area contributed by atoms with Crippen LogP contribution in [0.2, 0.25) is 0 Å². The van der Waals surface area contributed by atoms with Crippen molar-refractivity contribution in [1.82, 2.24) is 0 Å². The van der Waals surface area contributed by atoms with Crippen LogP contribution in [0.25, 0.3) is 0 Å². The number of benzene rings is 1. The van der Waals surface area contributed by atoms with Crippen LogP contribution in [0.5, 0.6) is 11.5 Å². The third kappa shape index (κ3) is 6.73. The molecule has 2 atom stereocenters. The number of hydrogen-bond acceptors (Lipinski definition) is 4. The van der Waals surface area contributed by atoms with Crippen molar-refractivity contribution in [1.29, 1.82) is 0 Å². The van der Waals surface area contributed by atoms with Gasteiger partial charge in [0.25, 0.3) is 0 Å². The summed E-state index contributed by atoms with van der Waals surface area (Å²) in [5.74, 6) is -0.296. The van der Waals surface area contributed by atoms with E-state index >= 15 is 0 Å². The van der Waals surface area contributed by atoms with E-state index in [1.807, 2.05) is 13.8 Å². The Bertz CT molecular complexity index is 477. The third-order valence-electron chi connectivity index (χ3n) is 4.06. The summed E-state index contributed by atoms with van der Waals surface area (Å²) in [6.07, 6.45) is 5.66. The summed E-state index contributed by atoms with van der Waals surface area (Å²) in [5.41, 5.74) is 0. The van der Waals surface area contributed by atoms with Gasteiger partial charge in [0.1, 0.15) is 0 Å². The van der Waals surface area contributed by atoms with E-state index in [0.29, 0.717) is 11.5 Å². The smallest absolute Gasteiger partial charge is 0.314 e. The lowest BCUT2D eigenvalue weighted by molar-refractivity contribution is -0.141. The van der Waals surface area contributed by atoms with E-state index in [0.717, 1.165) is 38.5 Å². The Morgan fingerprint density at radius 2 is 1.21 bits per heavy atom. The molecule has 0 spiro atoms. The fraction of sp³-hybridized carbons (Fsp3) is 0.600. The number of esters is 2. The highest BCUT2D eigenvalue weighted by Gasteiger charge is 2.20. The van der Waals surface area contributed by atoms with Crippen molar-refractivity contribution in [2.75, 3.05) is 0 Å². The van der Waals surface area contributed by atoms with Crippen LogP contribution in [0.3, 0.4) is 0 Å². The number of hydrogen-bond donors (Lipinski definition) is 0. The van der Waals surface area contributed by atoms with E-state index in [1.165, 1.54) is 0 Å². The topological polar surface area (TPSA) is 52.6 Å². The molecule has 0 bridgehead atoms. The molecule has 4 heteroatoms. The maximum Gasteiger partial charge on any atom is 0.314 e. The molecule has 0 N–H and O–H groups in total. The van der Waals surface area contributed by atoms with Gasteiger partial charge in [-0.05, 0) is 25.0 Å². The molecule has 1 aromatic rings. The zero-order chi connectivity index (χ0) is 17.9. The summed E-state index contributed by atoms with van der Waals surface area (Å²) in [4.78, 5) is 24.3. The number of carbonyl (C=O) groups is 2. The minimum atomic E-state index is -0.286. The molecular weight excluding hydrogens is 304 g/mol. The zero-order valence-electron chi connectivity index (χ0n) is 15.3. The van der Waals surface area contributed by atoms with Crippen LogP contribution in [0.4, 0.5) is 0 Å². The molecule has 0 radical (unpaired) electrons. The molecule has 1 aromatic carbocycles. The lowest BCUT2D eigenvalue weighted by Crippen LogP contribution is -2.20. The van der Waals surface area contributed by atoms with E-state index in [1.54, 1.807) is 24.3 Å². The van der Waals surface area contributed by atoms with Gasteiger partial charge in [0, 0.05) is 0 Å². The first-order valence-electron chi connectivity index (χ1n) is 9.01. The minimum absolute atomic E-state index is 0.169. The van der Waals surface area contributed by atoms with Crippen molar-refractivity contribution in [2.45, 2.75) is 66.2 Å². The summed E-state index contributed by atoms with van der Waals surface area (Å²) >= 11 is 0. The SMILES string of the molecule is CCCCC(C)C(=O)Oc1ccccc1OC(=O)C(C)CCCC. The number of rotatable bonds is 10. The Morgan fingerprint density at radius 3 is 1.54 bits per heavy atom. The molecule has 0 fully saturated rings. The van der Waals surface area contributed by atoms with Gasteiger partial charge >= 0.3 is 11.9 Å². The van der Waals surface area contributed by atoms with E-state index in [4.69, 9.17) is 9.47 Å². The van der Waals surface area contributed by atoms with Crippen LogP contribution in [0.15, 0.2) is 24.3 Å². The molecule has 2 unspecified atom stereocenters. The highest BCUT2D eigenvalue weighted by molar-refractivity contribution is 5.78. The fourth-order valence-electron chi connectivity index (χ4n) is 2.29. The lowest BCUT2D eigenvalue weighted by atomic mass is 10.0. The Kier molecular flexibility index (Phi) is 9.13. The van der Waals surface area contributed by atoms with E-state index in [2.05, 4.69) is 13.8 Å². The number of ether oxygens (including phenoxy) is 2. The molecule has 4 nitrogen and oxygen atoms in total. The molecule has 134 valence electrons. The fourth-order valence-corrected chi connectivity index (χ4v) is 2.29. The highest BCUT2D eigenvalue weighted by atomic mass is 16.6. The van der Waals surface area contributed by atoms with Crippen LogP contribution in [0.1, 0.15) is 66.2 Å². The quantitative estimate of drug-likeness (QED) is 0.438. The number of para-hydroxylation sites is 2. The average Bonchev–Trinajstić information content (AvgIpc) is 2.58. The molecule has 0 aliphatic heterocycles. The first-order chi connectivity index (χ1) is 11.5. The van der Waals surface area contributed by atoms with Crippen LogP contribution >= 0.6 is 0 Å². The number of unbranched alkanes of at least 4 members (excludes halogenated alkanes) is 2. The second kappa shape index (κ2) is 10.8. The van der Waals surface area contributed by atoms with Gasteiger partial charge in [-0.1, -0.05) is 65.5 Å². The predicted molar refractivity (Wildman–Crippen MR) is 95.1 cm³/mol. The van der Waals surface area contributed by atoms with Gasteiger partial charge in [-0.15, -0.1) is 0 Å². The molecule has 0 saturated heterocycles. The van der Waals surface area contributed by atoms with Gasteiger partial charge in [-0.2, -0.15) is 0 Å². The summed E-state index contributed by atoms with van der Waals surface area (Å²) in [7, 11) is 0. The van der Waals surface area contributed by atoms with Crippen LogP contribution in [-0.4, -0.2) is 11.9 Å². The van der Waals surface area contributed by atoms with Crippen LogP contribution < -0.4 is 9.47 Å². The van der Waals surface area contributed by atoms with Gasteiger partial charge in [0.05, 0.1) is 11.8 Å². The van der Waals surface area contributed by atoms with Crippen molar-refractivity contribution >= 4 is 11.9 Å². The maximum atomic E-state index is 12.2. The van der Waals surface area contributed by atoms with Gasteiger partial charge in [-0.25, -0.2) is 0 Å². The molecular formula is C20H30O4. The maximum absolute atomic E-state index is 12.2. The Labute approximate surface area is 145 Å². The molecule has 0 saturated carbocycles. The van der Waals surface area contributed by atoms with Crippen LogP contribution in [-0.2, 0) is 9.59 Å². The summed E-state index contributed by atoms with van der Waals surface area (Å²) < 4.78 is 10.9. The average molecular weight is 334 g/mol. The van der Waals surface area contributed by atoms with Crippen molar-refractivity contribution in [3.05, 3.63) is 24.3 Å². The summed E-state index contributed by atoms with van der Waals surface area (Å²) in [6.45, 7) is 7.90. The largest absolute Gasteiger partial charge is 0.422 e. The van der Waals surface area contributed by atoms with E-state index in [9.17, 15) is 9.59 Å².